The molecule has 0 aliphatic rings. The molecule has 13 nitrogen and oxygen atoms in total. The molecule has 1 amide bonds. The van der Waals surface area contributed by atoms with Crippen LogP contribution in [-0.2, 0) is 17.6 Å². The molecule has 6 aromatic rings. The van der Waals surface area contributed by atoms with Gasteiger partial charge in [-0.15, -0.1) is 0 Å². The fraction of sp³-hybridized carbons (Fsp3) is 0.240. The number of nitrogens with one attached hydrogen (secondary N) is 5. The lowest BCUT2D eigenvalue weighted by atomic mass is 10.1. The molecule has 63 heavy (non-hydrogen) atoms. The van der Waals surface area contributed by atoms with E-state index in [1.54, 1.807) is 18.2 Å². The zero-order valence-corrected chi connectivity index (χ0v) is 35.0. The maximum Gasteiger partial charge on any atom is 0.211 e. The van der Waals surface area contributed by atoms with Gasteiger partial charge in [0.1, 0.15) is 11.5 Å². The minimum Gasteiger partial charge on any atom is -0.507 e. The van der Waals surface area contributed by atoms with E-state index in [-0.39, 0.29) is 22.7 Å². The van der Waals surface area contributed by atoms with Crippen LogP contribution in [0.5, 0.6) is 11.5 Å². The Morgan fingerprint density at radius 2 is 0.889 bits per heavy atom. The van der Waals surface area contributed by atoms with Crippen LogP contribution in [0.15, 0.2) is 146 Å². The highest BCUT2D eigenvalue weighted by molar-refractivity contribution is 5.79. The lowest BCUT2D eigenvalue weighted by Crippen LogP contribution is -2.23. The monoisotopic (exact) mass is 855 g/mol. The number of aromatic hydroxyl groups is 2. The van der Waals surface area contributed by atoms with E-state index in [0.29, 0.717) is 63.1 Å². The lowest BCUT2D eigenvalue weighted by molar-refractivity contribution is -0.105. The molecule has 0 saturated heterocycles. The normalized spacial score (nSPS) is 12.8. The van der Waals surface area contributed by atoms with Gasteiger partial charge in [0, 0.05) is 37.6 Å². The number of benzene rings is 6. The third-order valence-corrected chi connectivity index (χ3v) is 10.3. The number of hydrogen-bond acceptors (Lipinski definition) is 12. The summed E-state index contributed by atoms with van der Waals surface area (Å²) in [4.78, 5) is 21.5. The number of phenolic OH excluding ortho intramolecular Hbond substituents is 2. The van der Waals surface area contributed by atoms with Crippen molar-refractivity contribution in [1.29, 1.82) is 0 Å². The summed E-state index contributed by atoms with van der Waals surface area (Å²) in [6.07, 6.45) is 0.00257. The number of carbonyl (C=O) groups excluding carboxylic acids is 2. The molecule has 6 rings (SSSR count). The van der Waals surface area contributed by atoms with Crippen molar-refractivity contribution in [3.05, 3.63) is 185 Å². The Kier molecular flexibility index (Phi) is 19.1. The smallest absolute Gasteiger partial charge is 0.211 e. The average Bonchev–Trinajstić information content (AvgIpc) is 3.32. The molecule has 6 aromatic carbocycles. The first-order valence-electron chi connectivity index (χ1n) is 20.8. The van der Waals surface area contributed by atoms with Gasteiger partial charge in [-0.25, -0.2) is 0 Å². The number of anilines is 3. The van der Waals surface area contributed by atoms with Gasteiger partial charge in [-0.05, 0) is 108 Å². The Balaban J connectivity index is 0.000000238. The van der Waals surface area contributed by atoms with E-state index in [4.69, 9.17) is 0 Å². The van der Waals surface area contributed by atoms with Gasteiger partial charge in [0.2, 0.25) is 6.41 Å². The third-order valence-electron chi connectivity index (χ3n) is 10.3. The van der Waals surface area contributed by atoms with Gasteiger partial charge in [-0.3, -0.25) is 9.59 Å². The Bertz CT molecular complexity index is 2260. The van der Waals surface area contributed by atoms with E-state index in [1.165, 1.54) is 18.2 Å². The number of phenols is 2. The molecule has 0 spiro atoms. The van der Waals surface area contributed by atoms with Crippen LogP contribution in [0.3, 0.4) is 0 Å². The van der Waals surface area contributed by atoms with E-state index in [0.717, 1.165) is 46.5 Å². The number of hydrogen-bond donors (Lipinski definition) is 11. The van der Waals surface area contributed by atoms with E-state index >= 15 is 0 Å². The molecule has 0 fully saturated rings. The van der Waals surface area contributed by atoms with Crippen molar-refractivity contribution in [2.75, 3.05) is 55.2 Å². The second-order valence-corrected chi connectivity index (χ2v) is 14.9. The molecule has 0 radical (unpaired) electrons. The fourth-order valence-electron chi connectivity index (χ4n) is 6.59. The van der Waals surface area contributed by atoms with Crippen LogP contribution in [0.1, 0.15) is 68.2 Å². The summed E-state index contributed by atoms with van der Waals surface area (Å²) in [7, 11) is 0. The molecule has 0 saturated carbocycles. The van der Waals surface area contributed by atoms with E-state index in [2.05, 4.69) is 26.6 Å². The van der Waals surface area contributed by atoms with Crippen molar-refractivity contribution in [3.8, 4) is 11.5 Å². The average molecular weight is 856 g/mol. The number of amides is 1. The van der Waals surface area contributed by atoms with Gasteiger partial charge in [0.05, 0.1) is 35.7 Å². The van der Waals surface area contributed by atoms with Gasteiger partial charge >= 0.3 is 0 Å². The molecule has 330 valence electrons. The van der Waals surface area contributed by atoms with E-state index in [1.807, 2.05) is 109 Å². The SMILES string of the molecule is O=CNc1cc(C(O)CNCCc2ccc(NCC(O)c3ccccc3)cc2)ccc1O.O=Cc1cc(C(O)CNCCc2ccc(NCC(O)c3ccccc3)cc2)ccc1O. The molecule has 0 heterocycles. The molecule has 11 N–H and O–H groups in total. The van der Waals surface area contributed by atoms with Crippen molar-refractivity contribution in [2.45, 2.75) is 37.3 Å². The third kappa shape index (κ3) is 15.7. The molecule has 0 aliphatic carbocycles. The summed E-state index contributed by atoms with van der Waals surface area (Å²) in [6.45, 7) is 2.95. The van der Waals surface area contributed by atoms with E-state index < -0.39 is 24.4 Å². The minimum absolute atomic E-state index is 0.0477. The summed E-state index contributed by atoms with van der Waals surface area (Å²) >= 11 is 0. The maximum atomic E-state index is 10.9. The maximum absolute atomic E-state index is 10.9. The molecule has 4 unspecified atom stereocenters. The van der Waals surface area contributed by atoms with Crippen LogP contribution in [0.2, 0.25) is 0 Å². The number of aliphatic hydroxyl groups excluding tert-OH is 4. The number of carbonyl (C=O) groups is 2. The van der Waals surface area contributed by atoms with Crippen molar-refractivity contribution in [3.63, 3.8) is 0 Å². The first-order chi connectivity index (χ1) is 30.6. The molecule has 4 atom stereocenters. The summed E-state index contributed by atoms with van der Waals surface area (Å²) in [5, 5.41) is 75.6. The van der Waals surface area contributed by atoms with Crippen molar-refractivity contribution < 1.29 is 40.2 Å². The van der Waals surface area contributed by atoms with Gasteiger partial charge in [-0.1, -0.05) is 97.1 Å². The van der Waals surface area contributed by atoms with Crippen LogP contribution in [0.4, 0.5) is 17.1 Å². The van der Waals surface area contributed by atoms with Gasteiger partial charge in [0.15, 0.2) is 6.29 Å². The quantitative estimate of drug-likeness (QED) is 0.0198. The minimum atomic E-state index is -0.762. The molecule has 13 heteroatoms. The zero-order valence-electron chi connectivity index (χ0n) is 35.0. The summed E-state index contributed by atoms with van der Waals surface area (Å²) in [5.41, 5.74) is 7.59. The van der Waals surface area contributed by atoms with Crippen molar-refractivity contribution in [2.24, 2.45) is 0 Å². The summed E-state index contributed by atoms with van der Waals surface area (Å²) in [6, 6.07) is 44.3. The molecular weight excluding hydrogens is 799 g/mol. The van der Waals surface area contributed by atoms with Gasteiger partial charge < -0.3 is 57.2 Å². The molecule has 0 bridgehead atoms. The van der Waals surface area contributed by atoms with Gasteiger partial charge in [-0.2, -0.15) is 0 Å². The van der Waals surface area contributed by atoms with Crippen LogP contribution >= 0.6 is 0 Å². The van der Waals surface area contributed by atoms with Crippen LogP contribution in [0, 0.1) is 0 Å². The highest BCUT2D eigenvalue weighted by Crippen LogP contribution is 2.27. The topological polar surface area (TPSA) is 216 Å². The largest absolute Gasteiger partial charge is 0.507 e. The lowest BCUT2D eigenvalue weighted by Gasteiger charge is -2.15. The standard InChI is InChI=1S/C25H29N3O4.C25H28N2O4/c29-17-28-22-14-20(8-11-23(22)30)24(31)15-26-13-12-18-6-9-21(10-7-18)27-16-25(32)19-4-2-1-3-5-19;28-17-21-14-20(8-11-23(21)29)24(30)15-26-13-12-18-6-9-22(10-7-18)27-16-25(31)19-4-2-1-3-5-19/h1-11,14,17,24-27,30-32H,12-13,15-16H2,(H,28,29);1-11,14,17,24-27,29-31H,12-13,15-16H2. The van der Waals surface area contributed by atoms with Crippen molar-refractivity contribution in [1.82, 2.24) is 10.6 Å². The predicted molar refractivity (Wildman–Crippen MR) is 247 cm³/mol. The Morgan fingerprint density at radius 3 is 1.33 bits per heavy atom. The Hall–Kier alpha value is -6.58. The Morgan fingerprint density at radius 1 is 0.460 bits per heavy atom. The van der Waals surface area contributed by atoms with Crippen molar-refractivity contribution >= 4 is 29.8 Å². The highest BCUT2D eigenvalue weighted by Gasteiger charge is 2.12. The summed E-state index contributed by atoms with van der Waals surface area (Å²) < 4.78 is 0. The fourth-order valence-corrected chi connectivity index (χ4v) is 6.59. The summed E-state index contributed by atoms with van der Waals surface area (Å²) in [5.74, 6) is -0.139. The predicted octanol–water partition coefficient (Wildman–Crippen LogP) is 6.19. The van der Waals surface area contributed by atoms with E-state index in [9.17, 15) is 40.2 Å². The molecule has 0 aliphatic heterocycles. The second-order valence-electron chi connectivity index (χ2n) is 14.9. The highest BCUT2D eigenvalue weighted by atomic mass is 16.3. The van der Waals surface area contributed by atoms with Crippen LogP contribution < -0.4 is 26.6 Å². The Labute approximate surface area is 368 Å². The van der Waals surface area contributed by atoms with Crippen LogP contribution in [0.25, 0.3) is 0 Å². The molecular formula is C50H57N5O8. The second kappa shape index (κ2) is 25.4. The zero-order chi connectivity index (χ0) is 44.8. The first-order valence-corrected chi connectivity index (χ1v) is 20.8. The van der Waals surface area contributed by atoms with Crippen LogP contribution in [-0.4, -0.2) is 82.6 Å². The first kappa shape index (κ1) is 47.5. The number of aliphatic hydroxyl groups is 4. The molecule has 0 aromatic heterocycles. The number of rotatable bonds is 23. The number of aldehydes is 1. The van der Waals surface area contributed by atoms with Gasteiger partial charge in [0.25, 0.3) is 0 Å².